The fourth-order valence-corrected chi connectivity index (χ4v) is 1.17. The summed E-state index contributed by atoms with van der Waals surface area (Å²) in [6.45, 7) is 0. The smallest absolute Gasteiger partial charge is 0.305 e. The van der Waals surface area contributed by atoms with Gasteiger partial charge >= 0.3 is 5.97 Å². The lowest BCUT2D eigenvalue weighted by Gasteiger charge is -2.08. The molecule has 1 rings (SSSR count). The van der Waals surface area contributed by atoms with Gasteiger partial charge in [0, 0.05) is 18.2 Å². The normalized spacial score (nSPS) is 12.1. The van der Waals surface area contributed by atoms with Gasteiger partial charge < -0.3 is 10.8 Å². The maximum absolute atomic E-state index is 10.4. The van der Waals surface area contributed by atoms with Crippen LogP contribution in [0, 0.1) is 10.1 Å². The predicted molar refractivity (Wildman–Crippen MR) is 52.3 cm³/mol. The standard InChI is InChI=1S/C9H10N2O4/c10-8(5-9(12)13)6-2-1-3-7(4-6)11(14)15/h1-4,8H,5,10H2,(H,12,13)/t8-/m0/s1. The summed E-state index contributed by atoms with van der Waals surface area (Å²) >= 11 is 0. The zero-order valence-electron chi connectivity index (χ0n) is 7.79. The molecule has 0 aliphatic rings. The number of carboxylic acid groups (broad SMARTS) is 1. The van der Waals surface area contributed by atoms with Crippen molar-refractivity contribution in [2.45, 2.75) is 12.5 Å². The van der Waals surface area contributed by atoms with E-state index in [0.29, 0.717) is 5.56 Å². The molecule has 0 aliphatic heterocycles. The van der Waals surface area contributed by atoms with Crippen LogP contribution in [0.15, 0.2) is 24.3 Å². The number of aliphatic carboxylic acids is 1. The summed E-state index contributed by atoms with van der Waals surface area (Å²) in [5, 5.41) is 19.0. The third-order valence-electron chi connectivity index (χ3n) is 1.90. The molecular weight excluding hydrogens is 200 g/mol. The van der Waals surface area contributed by atoms with Crippen LogP contribution in [0.5, 0.6) is 0 Å². The minimum absolute atomic E-state index is 0.0895. The first-order valence-corrected chi connectivity index (χ1v) is 4.22. The maximum Gasteiger partial charge on any atom is 0.305 e. The van der Waals surface area contributed by atoms with E-state index in [2.05, 4.69) is 0 Å². The summed E-state index contributed by atoms with van der Waals surface area (Å²) in [4.78, 5) is 20.3. The lowest BCUT2D eigenvalue weighted by Crippen LogP contribution is -2.15. The SMILES string of the molecule is N[C@@H](CC(=O)O)c1cccc([N+](=O)[O-])c1. The van der Waals surface area contributed by atoms with Gasteiger partial charge in [0.05, 0.1) is 11.3 Å². The van der Waals surface area contributed by atoms with Crippen molar-refractivity contribution in [3.8, 4) is 0 Å². The van der Waals surface area contributed by atoms with Gasteiger partial charge in [-0.1, -0.05) is 12.1 Å². The second-order valence-corrected chi connectivity index (χ2v) is 3.06. The lowest BCUT2D eigenvalue weighted by molar-refractivity contribution is -0.384. The van der Waals surface area contributed by atoms with Crippen molar-refractivity contribution in [2.24, 2.45) is 5.73 Å². The summed E-state index contributed by atoms with van der Waals surface area (Å²) in [7, 11) is 0. The number of non-ortho nitro benzene ring substituents is 1. The summed E-state index contributed by atoms with van der Waals surface area (Å²) in [6.07, 6.45) is -0.249. The minimum atomic E-state index is -1.03. The first-order chi connectivity index (χ1) is 7.00. The number of nitro groups is 1. The fraction of sp³-hybridized carbons (Fsp3) is 0.222. The number of nitrogens with zero attached hydrogens (tertiary/aromatic N) is 1. The molecular formula is C9H10N2O4. The number of hydrogen-bond donors (Lipinski definition) is 2. The van der Waals surface area contributed by atoms with Crippen LogP contribution >= 0.6 is 0 Å². The number of nitrogens with two attached hydrogens (primary N) is 1. The molecule has 6 nitrogen and oxygen atoms in total. The molecule has 1 atom stereocenters. The average Bonchev–Trinajstić information content (AvgIpc) is 2.17. The van der Waals surface area contributed by atoms with E-state index < -0.39 is 16.9 Å². The van der Waals surface area contributed by atoms with Gasteiger partial charge in [-0.15, -0.1) is 0 Å². The van der Waals surface area contributed by atoms with E-state index in [1.165, 1.54) is 18.2 Å². The van der Waals surface area contributed by atoms with Crippen LogP contribution in [0.3, 0.4) is 0 Å². The number of hydrogen-bond acceptors (Lipinski definition) is 4. The lowest BCUT2D eigenvalue weighted by atomic mass is 10.0. The van der Waals surface area contributed by atoms with Gasteiger partial charge in [0.15, 0.2) is 0 Å². The monoisotopic (exact) mass is 210 g/mol. The van der Waals surface area contributed by atoms with Crippen molar-refractivity contribution in [1.29, 1.82) is 0 Å². The molecule has 0 unspecified atom stereocenters. The molecule has 0 fully saturated rings. The Hall–Kier alpha value is -1.95. The Kier molecular flexibility index (Phi) is 3.35. The second kappa shape index (κ2) is 4.52. The molecule has 0 radical (unpaired) electrons. The molecule has 0 heterocycles. The van der Waals surface area contributed by atoms with Gasteiger partial charge in [0.1, 0.15) is 0 Å². The molecule has 1 aromatic rings. The Balaban J connectivity index is 2.89. The van der Waals surface area contributed by atoms with Gasteiger partial charge in [-0.05, 0) is 5.56 Å². The fourth-order valence-electron chi connectivity index (χ4n) is 1.17. The highest BCUT2D eigenvalue weighted by atomic mass is 16.6. The molecule has 0 aliphatic carbocycles. The topological polar surface area (TPSA) is 106 Å². The highest BCUT2D eigenvalue weighted by Gasteiger charge is 2.13. The molecule has 0 saturated heterocycles. The third-order valence-corrected chi connectivity index (χ3v) is 1.90. The number of carboxylic acids is 1. The Bertz CT molecular complexity index is 391. The van der Waals surface area contributed by atoms with Gasteiger partial charge in [-0.25, -0.2) is 0 Å². The van der Waals surface area contributed by atoms with E-state index in [-0.39, 0.29) is 12.1 Å². The second-order valence-electron chi connectivity index (χ2n) is 3.06. The molecule has 0 amide bonds. The van der Waals surface area contributed by atoms with Crippen molar-refractivity contribution in [3.05, 3.63) is 39.9 Å². The number of carbonyl (C=O) groups is 1. The highest BCUT2D eigenvalue weighted by Crippen LogP contribution is 2.19. The zero-order valence-corrected chi connectivity index (χ0v) is 7.79. The number of rotatable bonds is 4. The van der Waals surface area contributed by atoms with Crippen LogP contribution in [0.2, 0.25) is 0 Å². The van der Waals surface area contributed by atoms with E-state index in [0.717, 1.165) is 0 Å². The van der Waals surface area contributed by atoms with Crippen LogP contribution in [-0.4, -0.2) is 16.0 Å². The Labute approximate surface area is 85.5 Å². The van der Waals surface area contributed by atoms with Crippen LogP contribution in [0.25, 0.3) is 0 Å². The summed E-state index contributed by atoms with van der Waals surface area (Å²) in [5.41, 5.74) is 5.92. The van der Waals surface area contributed by atoms with E-state index >= 15 is 0 Å². The molecule has 1 aromatic carbocycles. The van der Waals surface area contributed by atoms with Crippen LogP contribution in [-0.2, 0) is 4.79 Å². The molecule has 3 N–H and O–H groups in total. The molecule has 15 heavy (non-hydrogen) atoms. The number of nitro benzene ring substituents is 1. The molecule has 80 valence electrons. The van der Waals surface area contributed by atoms with Crippen LogP contribution < -0.4 is 5.73 Å². The van der Waals surface area contributed by atoms with Crippen molar-refractivity contribution < 1.29 is 14.8 Å². The molecule has 0 aromatic heterocycles. The van der Waals surface area contributed by atoms with E-state index in [1.54, 1.807) is 6.07 Å². The quantitative estimate of drug-likeness (QED) is 0.571. The van der Waals surface area contributed by atoms with Gasteiger partial charge in [0.25, 0.3) is 5.69 Å². The van der Waals surface area contributed by atoms with Crippen LogP contribution in [0.4, 0.5) is 5.69 Å². The first-order valence-electron chi connectivity index (χ1n) is 4.22. The van der Waals surface area contributed by atoms with Crippen molar-refractivity contribution in [1.82, 2.24) is 0 Å². The molecule has 0 bridgehead atoms. The van der Waals surface area contributed by atoms with Gasteiger partial charge in [0.2, 0.25) is 0 Å². The van der Waals surface area contributed by atoms with E-state index in [1.807, 2.05) is 0 Å². The highest BCUT2D eigenvalue weighted by molar-refractivity contribution is 5.68. The van der Waals surface area contributed by atoms with Crippen molar-refractivity contribution in [3.63, 3.8) is 0 Å². The summed E-state index contributed by atoms with van der Waals surface area (Å²) < 4.78 is 0. The molecule has 6 heteroatoms. The first kappa shape index (κ1) is 11.1. The van der Waals surface area contributed by atoms with Crippen LogP contribution in [0.1, 0.15) is 18.0 Å². The summed E-state index contributed by atoms with van der Waals surface area (Å²) in [5.74, 6) is -1.03. The largest absolute Gasteiger partial charge is 0.481 e. The number of benzene rings is 1. The predicted octanol–water partition coefficient (Wildman–Crippen LogP) is 1.07. The summed E-state index contributed by atoms with van der Waals surface area (Å²) in [6, 6.07) is 4.95. The molecule has 0 spiro atoms. The van der Waals surface area contributed by atoms with E-state index in [9.17, 15) is 14.9 Å². The Morgan fingerprint density at radius 1 is 1.60 bits per heavy atom. The molecule has 0 saturated carbocycles. The van der Waals surface area contributed by atoms with Gasteiger partial charge in [-0.3, -0.25) is 14.9 Å². The Morgan fingerprint density at radius 3 is 2.80 bits per heavy atom. The Morgan fingerprint density at radius 2 is 2.27 bits per heavy atom. The van der Waals surface area contributed by atoms with Crippen molar-refractivity contribution in [2.75, 3.05) is 0 Å². The average molecular weight is 210 g/mol. The third kappa shape index (κ3) is 3.03. The maximum atomic E-state index is 10.4. The van der Waals surface area contributed by atoms with Gasteiger partial charge in [-0.2, -0.15) is 0 Å². The van der Waals surface area contributed by atoms with Crippen molar-refractivity contribution >= 4 is 11.7 Å². The minimum Gasteiger partial charge on any atom is -0.481 e. The van der Waals surface area contributed by atoms with E-state index in [4.69, 9.17) is 10.8 Å². The zero-order chi connectivity index (χ0) is 11.4.